The van der Waals surface area contributed by atoms with E-state index in [1.807, 2.05) is 0 Å². The van der Waals surface area contributed by atoms with Gasteiger partial charge in [-0.2, -0.15) is 0 Å². The number of hydrogen-bond donors (Lipinski definition) is 0. The Balaban J connectivity index is 0.000000107. The summed E-state index contributed by atoms with van der Waals surface area (Å²) >= 11 is 0. The zero-order chi connectivity index (χ0) is 11.8. The number of rotatable bonds is 0. The number of nitrogens with zero attached hydrogens (tertiary/aromatic N) is 2. The first-order chi connectivity index (χ1) is 8.22. The summed E-state index contributed by atoms with van der Waals surface area (Å²) in [5.74, 6) is 4.48. The summed E-state index contributed by atoms with van der Waals surface area (Å²) in [5, 5.41) is 0. The average Bonchev–Trinajstić information content (AvgIpc) is 3.11. The monoisotopic (exact) mass is 236 g/mol. The predicted octanol–water partition coefficient (Wildman–Crippen LogP) is 2.31. The van der Waals surface area contributed by atoms with Gasteiger partial charge in [-0.3, -0.25) is 0 Å². The molecule has 4 atom stereocenters. The van der Waals surface area contributed by atoms with Crippen molar-refractivity contribution in [3.8, 4) is 0 Å². The molecule has 0 spiro atoms. The normalized spacial score (nSPS) is 44.8. The van der Waals surface area contributed by atoms with Gasteiger partial charge in [0, 0.05) is 13.1 Å². The van der Waals surface area contributed by atoms with Crippen LogP contribution in [-0.2, 0) is 0 Å². The largest absolute Gasteiger partial charge is 0.306 e. The Morgan fingerprint density at radius 3 is 2.00 bits per heavy atom. The van der Waals surface area contributed by atoms with Crippen LogP contribution in [0.3, 0.4) is 0 Å². The lowest BCUT2D eigenvalue weighted by Gasteiger charge is -2.20. The molecule has 0 bridgehead atoms. The third-order valence-corrected chi connectivity index (χ3v) is 5.23. The van der Waals surface area contributed by atoms with Gasteiger partial charge in [0.15, 0.2) is 0 Å². The quantitative estimate of drug-likeness (QED) is 0.637. The summed E-state index contributed by atoms with van der Waals surface area (Å²) in [6, 6.07) is 0. The highest BCUT2D eigenvalue weighted by molar-refractivity contribution is 4.92. The Bertz CT molecular complexity index is 266. The summed E-state index contributed by atoms with van der Waals surface area (Å²) in [7, 11) is 4.48. The first-order valence-corrected chi connectivity index (χ1v) is 7.59. The highest BCUT2D eigenvalue weighted by atomic mass is 15.1. The summed E-state index contributed by atoms with van der Waals surface area (Å²) in [4.78, 5) is 4.94. The van der Waals surface area contributed by atoms with Crippen LogP contribution in [0, 0.1) is 23.7 Å². The topological polar surface area (TPSA) is 6.48 Å². The minimum Gasteiger partial charge on any atom is -0.306 e. The number of hydrogen-bond acceptors (Lipinski definition) is 2. The van der Waals surface area contributed by atoms with Gasteiger partial charge in [0.2, 0.25) is 0 Å². The molecule has 0 aromatic heterocycles. The van der Waals surface area contributed by atoms with Crippen LogP contribution < -0.4 is 0 Å². The van der Waals surface area contributed by atoms with Crippen molar-refractivity contribution in [1.29, 1.82) is 0 Å². The van der Waals surface area contributed by atoms with Crippen molar-refractivity contribution in [2.45, 2.75) is 32.1 Å². The fourth-order valence-corrected chi connectivity index (χ4v) is 3.77. The molecular weight excluding hydrogens is 208 g/mol. The van der Waals surface area contributed by atoms with E-state index in [9.17, 15) is 0 Å². The SMILES string of the molecule is CN1CCC2CC2C1.CN1CCCC2CC2C1. The van der Waals surface area contributed by atoms with Crippen molar-refractivity contribution < 1.29 is 0 Å². The molecule has 2 saturated heterocycles. The van der Waals surface area contributed by atoms with Crippen molar-refractivity contribution in [2.75, 3.05) is 40.3 Å². The maximum Gasteiger partial charge on any atom is 0.000937 e. The van der Waals surface area contributed by atoms with E-state index in [-0.39, 0.29) is 0 Å². The fourth-order valence-electron chi connectivity index (χ4n) is 3.77. The molecule has 4 aliphatic rings. The van der Waals surface area contributed by atoms with E-state index in [2.05, 4.69) is 23.9 Å². The van der Waals surface area contributed by atoms with Gasteiger partial charge in [-0.25, -0.2) is 0 Å². The molecule has 4 rings (SSSR count). The molecule has 2 nitrogen and oxygen atoms in total. The molecule has 4 unspecified atom stereocenters. The molecule has 4 fully saturated rings. The first-order valence-electron chi connectivity index (χ1n) is 7.59. The highest BCUT2D eigenvalue weighted by Gasteiger charge is 2.40. The minimum atomic E-state index is 1.09. The Hall–Kier alpha value is -0.0800. The van der Waals surface area contributed by atoms with Gasteiger partial charge in [-0.1, -0.05) is 0 Å². The van der Waals surface area contributed by atoms with Crippen LogP contribution in [0.4, 0.5) is 0 Å². The van der Waals surface area contributed by atoms with Gasteiger partial charge < -0.3 is 9.80 Å². The van der Waals surface area contributed by atoms with Crippen molar-refractivity contribution in [1.82, 2.24) is 9.80 Å². The van der Waals surface area contributed by atoms with Gasteiger partial charge in [0.25, 0.3) is 0 Å². The lowest BCUT2D eigenvalue weighted by Crippen LogP contribution is -2.26. The Morgan fingerprint density at radius 1 is 0.706 bits per heavy atom. The zero-order valence-corrected chi connectivity index (χ0v) is 11.6. The Kier molecular flexibility index (Phi) is 3.45. The van der Waals surface area contributed by atoms with E-state index in [1.54, 1.807) is 0 Å². The van der Waals surface area contributed by atoms with Crippen LogP contribution in [0.15, 0.2) is 0 Å². The second-order valence-corrected chi connectivity index (χ2v) is 6.97. The molecule has 2 aliphatic heterocycles. The van der Waals surface area contributed by atoms with Gasteiger partial charge in [0.05, 0.1) is 0 Å². The lowest BCUT2D eigenvalue weighted by atomic mass is 10.1. The smallest absolute Gasteiger partial charge is 0.000937 e. The van der Waals surface area contributed by atoms with E-state index in [0.717, 1.165) is 23.7 Å². The van der Waals surface area contributed by atoms with Gasteiger partial charge in [0.1, 0.15) is 0 Å². The van der Waals surface area contributed by atoms with E-state index >= 15 is 0 Å². The van der Waals surface area contributed by atoms with Crippen molar-refractivity contribution in [2.24, 2.45) is 23.7 Å². The van der Waals surface area contributed by atoms with Gasteiger partial charge in [-0.15, -0.1) is 0 Å². The fraction of sp³-hybridized carbons (Fsp3) is 1.00. The average molecular weight is 236 g/mol. The second kappa shape index (κ2) is 4.89. The summed E-state index contributed by atoms with van der Waals surface area (Å²) in [6.07, 6.45) is 7.49. The van der Waals surface area contributed by atoms with Crippen LogP contribution in [0.5, 0.6) is 0 Å². The molecule has 0 radical (unpaired) electrons. The molecule has 2 aliphatic carbocycles. The predicted molar refractivity (Wildman–Crippen MR) is 72.0 cm³/mol. The summed E-state index contributed by atoms with van der Waals surface area (Å²) in [6.45, 7) is 5.45. The summed E-state index contributed by atoms with van der Waals surface area (Å²) < 4.78 is 0. The molecular formula is C15H28N2. The van der Waals surface area contributed by atoms with E-state index in [1.165, 1.54) is 58.3 Å². The summed E-state index contributed by atoms with van der Waals surface area (Å²) in [5.41, 5.74) is 0. The van der Waals surface area contributed by atoms with Crippen LogP contribution in [0.1, 0.15) is 32.1 Å². The maximum absolute atomic E-state index is 2.48. The van der Waals surface area contributed by atoms with Crippen molar-refractivity contribution in [3.05, 3.63) is 0 Å². The molecule has 2 heteroatoms. The number of piperidine rings is 1. The standard InChI is InChI=1S/C8H15N.C7H13N/c1-9-4-2-3-7-5-8(7)6-9;1-8-3-2-6-4-7(6)5-8/h7-8H,2-6H2,1H3;6-7H,2-5H2,1H3. The molecule has 17 heavy (non-hydrogen) atoms. The van der Waals surface area contributed by atoms with E-state index < -0.39 is 0 Å². The molecule has 2 saturated carbocycles. The van der Waals surface area contributed by atoms with Crippen LogP contribution in [-0.4, -0.2) is 50.1 Å². The molecule has 2 heterocycles. The maximum atomic E-state index is 2.48. The van der Waals surface area contributed by atoms with E-state index in [4.69, 9.17) is 0 Å². The van der Waals surface area contributed by atoms with Crippen LogP contribution in [0.2, 0.25) is 0 Å². The van der Waals surface area contributed by atoms with Crippen LogP contribution >= 0.6 is 0 Å². The molecule has 0 amide bonds. The molecule has 0 aromatic carbocycles. The zero-order valence-electron chi connectivity index (χ0n) is 11.6. The van der Waals surface area contributed by atoms with Crippen molar-refractivity contribution >= 4 is 0 Å². The van der Waals surface area contributed by atoms with Gasteiger partial charge >= 0.3 is 0 Å². The van der Waals surface area contributed by atoms with Gasteiger partial charge in [-0.05, 0) is 83.0 Å². The minimum absolute atomic E-state index is 1.09. The first kappa shape index (κ1) is 12.0. The second-order valence-electron chi connectivity index (χ2n) is 6.97. The molecule has 0 N–H and O–H groups in total. The highest BCUT2D eigenvalue weighted by Crippen LogP contribution is 2.44. The molecule has 0 aromatic rings. The Morgan fingerprint density at radius 2 is 1.29 bits per heavy atom. The molecule has 98 valence electrons. The third kappa shape index (κ3) is 3.23. The Labute approximate surface area is 106 Å². The lowest BCUT2D eigenvalue weighted by molar-refractivity contribution is 0.266. The number of fused-ring (bicyclic) bond motifs is 2. The van der Waals surface area contributed by atoms with Crippen molar-refractivity contribution in [3.63, 3.8) is 0 Å². The third-order valence-electron chi connectivity index (χ3n) is 5.23. The number of likely N-dealkylation sites (tertiary alicyclic amines) is 2. The van der Waals surface area contributed by atoms with E-state index in [0.29, 0.717) is 0 Å². The van der Waals surface area contributed by atoms with Crippen LogP contribution in [0.25, 0.3) is 0 Å².